The lowest BCUT2D eigenvalue weighted by Gasteiger charge is -2.43. The van der Waals surface area contributed by atoms with Crippen LogP contribution in [-0.4, -0.2) is 37.1 Å². The Kier molecular flexibility index (Phi) is 8.09. The van der Waals surface area contributed by atoms with Crippen LogP contribution in [0.15, 0.2) is 71.6 Å². The van der Waals surface area contributed by atoms with E-state index in [1.165, 1.54) is 10.4 Å². The number of halogens is 1. The summed E-state index contributed by atoms with van der Waals surface area (Å²) >= 11 is 3.45. The van der Waals surface area contributed by atoms with Gasteiger partial charge in [-0.25, -0.2) is 9.78 Å². The zero-order valence-electron chi connectivity index (χ0n) is 19.2. The Morgan fingerprint density at radius 3 is 2.09 bits per heavy atom. The van der Waals surface area contributed by atoms with Crippen LogP contribution in [0.3, 0.4) is 0 Å². The molecule has 1 heterocycles. The monoisotopic (exact) mass is 514 g/mol. The van der Waals surface area contributed by atoms with Crippen molar-refractivity contribution >= 4 is 40.6 Å². The van der Waals surface area contributed by atoms with Crippen molar-refractivity contribution in [2.24, 2.45) is 0 Å². The van der Waals surface area contributed by atoms with Crippen LogP contribution in [0, 0.1) is 0 Å². The van der Waals surface area contributed by atoms with Gasteiger partial charge in [-0.15, -0.1) is 0 Å². The molecule has 170 valence electrons. The molecule has 5 nitrogen and oxygen atoms in total. The van der Waals surface area contributed by atoms with E-state index in [0.29, 0.717) is 30.2 Å². The largest absolute Gasteiger partial charge is 0.461 e. The third-order valence-electron chi connectivity index (χ3n) is 5.49. The molecule has 0 saturated heterocycles. The minimum absolute atomic E-state index is 0.0532. The Morgan fingerprint density at radius 1 is 1.03 bits per heavy atom. The summed E-state index contributed by atoms with van der Waals surface area (Å²) in [5.41, 5.74) is 0.312. The van der Waals surface area contributed by atoms with E-state index in [2.05, 4.69) is 90.2 Å². The summed E-state index contributed by atoms with van der Waals surface area (Å²) in [4.78, 5) is 16.2. The summed E-state index contributed by atoms with van der Waals surface area (Å²) in [6.07, 6.45) is 2.52. The first-order valence-corrected chi connectivity index (χ1v) is 13.6. The highest BCUT2D eigenvalue weighted by Crippen LogP contribution is 2.36. The van der Waals surface area contributed by atoms with E-state index in [0.717, 1.165) is 6.42 Å². The van der Waals surface area contributed by atoms with Gasteiger partial charge in [0.2, 0.25) is 0 Å². The zero-order chi connectivity index (χ0) is 23.2. The van der Waals surface area contributed by atoms with Crippen LogP contribution in [0.1, 0.15) is 44.6 Å². The average molecular weight is 516 g/mol. The van der Waals surface area contributed by atoms with Crippen LogP contribution >= 0.6 is 15.9 Å². The minimum Gasteiger partial charge on any atom is -0.461 e. The Hall–Kier alpha value is -2.22. The number of hydrogen-bond donors (Lipinski definition) is 0. The van der Waals surface area contributed by atoms with E-state index in [4.69, 9.17) is 9.16 Å². The van der Waals surface area contributed by atoms with Gasteiger partial charge in [-0.05, 0) is 44.7 Å². The fraction of sp³-hybridized carbons (Fsp3) is 0.360. The molecule has 0 saturated carbocycles. The summed E-state index contributed by atoms with van der Waals surface area (Å²) in [5.74, 6) is -0.407. The van der Waals surface area contributed by atoms with Gasteiger partial charge >= 0.3 is 5.97 Å². The number of benzene rings is 2. The minimum atomic E-state index is -2.54. The van der Waals surface area contributed by atoms with Gasteiger partial charge in [-0.3, -0.25) is 0 Å². The molecule has 0 aliphatic rings. The smallest absolute Gasteiger partial charge is 0.358 e. The molecule has 0 aliphatic heterocycles. The van der Waals surface area contributed by atoms with Crippen LogP contribution in [0.5, 0.6) is 0 Å². The second-order valence-electron chi connectivity index (χ2n) is 8.67. The van der Waals surface area contributed by atoms with Gasteiger partial charge in [-0.1, -0.05) is 81.4 Å². The maximum atomic E-state index is 12.0. The number of carbonyl (C=O) groups is 1. The van der Waals surface area contributed by atoms with Gasteiger partial charge in [0.1, 0.15) is 0 Å². The zero-order valence-corrected chi connectivity index (χ0v) is 21.8. The van der Waals surface area contributed by atoms with Crippen LogP contribution in [0.4, 0.5) is 0 Å². The van der Waals surface area contributed by atoms with Crippen LogP contribution < -0.4 is 10.4 Å². The average Bonchev–Trinajstić information content (AvgIpc) is 3.15. The quantitative estimate of drug-likeness (QED) is 0.234. The Labute approximate surface area is 200 Å². The molecule has 2 aromatic carbocycles. The maximum Gasteiger partial charge on any atom is 0.358 e. The standard InChI is InChI=1S/C25H31BrN2O3Si/c1-5-30-23(29)22-19-28(24(26)27-22)17-12-18-31-32(25(2,3)4,20-13-8-6-9-14-20)21-15-10-7-11-16-21/h6-11,13-16,19H,5,12,17-18H2,1-4H3. The van der Waals surface area contributed by atoms with Crippen molar-refractivity contribution in [1.82, 2.24) is 9.55 Å². The number of ether oxygens (including phenoxy) is 1. The molecular weight excluding hydrogens is 484 g/mol. The molecule has 0 N–H and O–H groups in total. The molecule has 0 fully saturated rings. The summed E-state index contributed by atoms with van der Waals surface area (Å²) in [6.45, 7) is 10.2. The van der Waals surface area contributed by atoms with E-state index in [1.807, 2.05) is 16.7 Å². The second kappa shape index (κ2) is 10.6. The van der Waals surface area contributed by atoms with Gasteiger partial charge in [-0.2, -0.15) is 0 Å². The first kappa shape index (κ1) is 24.4. The molecule has 0 amide bonds. The molecule has 0 atom stereocenters. The number of imidazole rings is 1. The molecule has 32 heavy (non-hydrogen) atoms. The van der Waals surface area contributed by atoms with Gasteiger partial charge in [0.25, 0.3) is 8.32 Å². The number of aromatic nitrogens is 2. The van der Waals surface area contributed by atoms with Crippen molar-refractivity contribution in [3.8, 4) is 0 Å². The lowest BCUT2D eigenvalue weighted by Crippen LogP contribution is -2.66. The Bertz CT molecular complexity index is 977. The highest BCUT2D eigenvalue weighted by molar-refractivity contribution is 9.10. The Balaban J connectivity index is 1.81. The third-order valence-corrected chi connectivity index (χ3v) is 11.2. The molecule has 0 radical (unpaired) electrons. The molecule has 1 aromatic heterocycles. The molecule has 3 rings (SSSR count). The van der Waals surface area contributed by atoms with Crippen molar-refractivity contribution in [2.45, 2.75) is 45.7 Å². The molecule has 3 aromatic rings. The summed E-state index contributed by atoms with van der Waals surface area (Å²) in [6, 6.07) is 21.3. The molecule has 0 aliphatic carbocycles. The first-order chi connectivity index (χ1) is 15.3. The highest BCUT2D eigenvalue weighted by atomic mass is 79.9. The van der Waals surface area contributed by atoms with Gasteiger partial charge in [0.15, 0.2) is 10.4 Å². The lowest BCUT2D eigenvalue weighted by molar-refractivity contribution is 0.0520. The summed E-state index contributed by atoms with van der Waals surface area (Å²) < 4.78 is 14.5. The predicted molar refractivity (Wildman–Crippen MR) is 134 cm³/mol. The number of rotatable bonds is 9. The van der Waals surface area contributed by atoms with Gasteiger partial charge < -0.3 is 13.7 Å². The number of nitrogens with zero attached hydrogens (tertiary/aromatic N) is 2. The van der Waals surface area contributed by atoms with Crippen molar-refractivity contribution in [3.63, 3.8) is 0 Å². The second-order valence-corrected chi connectivity index (χ2v) is 13.7. The van der Waals surface area contributed by atoms with Crippen molar-refractivity contribution < 1.29 is 14.0 Å². The summed E-state index contributed by atoms with van der Waals surface area (Å²) in [5, 5.41) is 2.49. The SMILES string of the molecule is CCOC(=O)c1cn(CCCO[Si](c2ccccc2)(c2ccccc2)C(C)(C)C)c(Br)n1. The molecule has 0 unspecified atom stereocenters. The fourth-order valence-electron chi connectivity index (χ4n) is 4.08. The van der Waals surface area contributed by atoms with Crippen molar-refractivity contribution in [1.29, 1.82) is 0 Å². The maximum absolute atomic E-state index is 12.0. The number of aryl methyl sites for hydroxylation is 1. The molecular formula is C25H31BrN2O3Si. The van der Waals surface area contributed by atoms with Crippen LogP contribution in [-0.2, 0) is 15.7 Å². The van der Waals surface area contributed by atoms with Crippen molar-refractivity contribution in [3.05, 3.63) is 77.3 Å². The topological polar surface area (TPSA) is 53.4 Å². The number of esters is 1. The molecule has 0 spiro atoms. The lowest BCUT2D eigenvalue weighted by atomic mass is 10.2. The highest BCUT2D eigenvalue weighted by Gasteiger charge is 2.49. The summed E-state index contributed by atoms with van der Waals surface area (Å²) in [7, 11) is -2.54. The number of hydrogen-bond acceptors (Lipinski definition) is 4. The fourth-order valence-corrected chi connectivity index (χ4v) is 9.15. The molecule has 7 heteroatoms. The molecule has 0 bridgehead atoms. The third kappa shape index (κ3) is 5.22. The van der Waals surface area contributed by atoms with Crippen molar-refractivity contribution in [2.75, 3.05) is 13.2 Å². The normalized spacial score (nSPS) is 12.0. The van der Waals surface area contributed by atoms with E-state index >= 15 is 0 Å². The van der Waals surface area contributed by atoms with E-state index in [-0.39, 0.29) is 5.04 Å². The first-order valence-electron chi connectivity index (χ1n) is 10.9. The number of carbonyl (C=O) groups excluding carboxylic acids is 1. The predicted octanol–water partition coefficient (Wildman–Crippen LogP) is 4.79. The van der Waals surface area contributed by atoms with Gasteiger partial charge in [0.05, 0.1) is 6.61 Å². The van der Waals surface area contributed by atoms with E-state index < -0.39 is 14.3 Å². The Morgan fingerprint density at radius 2 is 1.59 bits per heavy atom. The van der Waals surface area contributed by atoms with E-state index in [9.17, 15) is 4.79 Å². The van der Waals surface area contributed by atoms with Gasteiger partial charge in [0, 0.05) is 19.3 Å². The van der Waals surface area contributed by atoms with Crippen LogP contribution in [0.2, 0.25) is 5.04 Å². The van der Waals surface area contributed by atoms with E-state index in [1.54, 1.807) is 13.1 Å². The van der Waals surface area contributed by atoms with Crippen LogP contribution in [0.25, 0.3) is 0 Å².